The lowest BCUT2D eigenvalue weighted by Gasteiger charge is -2.17. The standard InChI is InChI=1S/C21H20ClN5O.C6H12O3S/c1-3-27-10-9-17-20(27)21(25-13-24-17)26-15-7-8-19(18(12-15)23-2)28-16-6-4-5-14(22)11-16;1-5(7)6(2,3)10(4,8)9/h4-13,23H,3H2,1-2H3,(H,24,25,26);1-4H3. The molecule has 11 heteroatoms. The molecule has 202 valence electrons. The number of hydrogen-bond acceptors (Lipinski definition) is 8. The molecule has 0 atom stereocenters. The highest BCUT2D eigenvalue weighted by molar-refractivity contribution is 7.92. The number of hydrogen-bond donors (Lipinski definition) is 2. The van der Waals surface area contributed by atoms with Crippen LogP contribution in [0, 0.1) is 0 Å². The maximum absolute atomic E-state index is 10.9. The summed E-state index contributed by atoms with van der Waals surface area (Å²) >= 11 is 6.04. The molecule has 0 radical (unpaired) electrons. The number of sulfone groups is 1. The van der Waals surface area contributed by atoms with Crippen LogP contribution in [0.5, 0.6) is 11.5 Å². The number of nitrogens with zero attached hydrogens (tertiary/aromatic N) is 3. The van der Waals surface area contributed by atoms with Crippen molar-refractivity contribution in [2.75, 3.05) is 23.9 Å². The van der Waals surface area contributed by atoms with Crippen LogP contribution in [0.15, 0.2) is 61.1 Å². The highest BCUT2D eigenvalue weighted by atomic mass is 35.5. The zero-order valence-electron chi connectivity index (χ0n) is 22.2. The minimum absolute atomic E-state index is 0.324. The summed E-state index contributed by atoms with van der Waals surface area (Å²) in [5.41, 5.74) is 3.64. The quantitative estimate of drug-likeness (QED) is 0.268. The molecule has 4 aromatic rings. The van der Waals surface area contributed by atoms with Crippen LogP contribution in [-0.4, -0.2) is 46.8 Å². The summed E-state index contributed by atoms with van der Waals surface area (Å²) in [4.78, 5) is 19.5. The van der Waals surface area contributed by atoms with Crippen LogP contribution in [0.3, 0.4) is 0 Å². The number of aryl methyl sites for hydroxylation is 1. The number of ether oxygens (including phenoxy) is 1. The molecule has 0 amide bonds. The number of nitrogens with one attached hydrogen (secondary N) is 2. The zero-order valence-corrected chi connectivity index (χ0v) is 23.8. The van der Waals surface area contributed by atoms with Crippen molar-refractivity contribution in [2.45, 2.75) is 39.0 Å². The van der Waals surface area contributed by atoms with Gasteiger partial charge in [0.1, 0.15) is 28.1 Å². The van der Waals surface area contributed by atoms with E-state index in [0.29, 0.717) is 16.5 Å². The molecular weight excluding hydrogens is 526 g/mol. The fourth-order valence-electron chi connectivity index (χ4n) is 3.33. The highest BCUT2D eigenvalue weighted by Gasteiger charge is 2.34. The highest BCUT2D eigenvalue weighted by Crippen LogP contribution is 2.34. The summed E-state index contributed by atoms with van der Waals surface area (Å²) in [6.07, 6.45) is 4.65. The van der Waals surface area contributed by atoms with Gasteiger partial charge in [-0.15, -0.1) is 0 Å². The molecule has 0 saturated heterocycles. The molecule has 0 saturated carbocycles. The molecule has 2 N–H and O–H groups in total. The molecule has 2 aromatic heterocycles. The summed E-state index contributed by atoms with van der Waals surface area (Å²) < 4.78 is 28.6. The molecule has 2 heterocycles. The molecule has 9 nitrogen and oxygen atoms in total. The van der Waals surface area contributed by atoms with Crippen LogP contribution >= 0.6 is 11.6 Å². The summed E-state index contributed by atoms with van der Waals surface area (Å²) in [5.74, 6) is 1.83. The van der Waals surface area contributed by atoms with Gasteiger partial charge in [-0.05, 0) is 70.2 Å². The number of benzene rings is 2. The molecule has 0 aliphatic rings. The molecule has 4 rings (SSSR count). The number of aromatic nitrogens is 3. The van der Waals surface area contributed by atoms with E-state index in [4.69, 9.17) is 16.3 Å². The van der Waals surface area contributed by atoms with Crippen LogP contribution in [0.4, 0.5) is 17.2 Å². The first kappa shape index (κ1) is 28.9. The Hall–Kier alpha value is -3.63. The average molecular weight is 558 g/mol. The van der Waals surface area contributed by atoms with Crippen LogP contribution in [0.25, 0.3) is 11.0 Å². The van der Waals surface area contributed by atoms with E-state index >= 15 is 0 Å². The number of halogens is 1. The number of rotatable bonds is 8. The van der Waals surface area contributed by atoms with Gasteiger partial charge < -0.3 is 19.9 Å². The predicted molar refractivity (Wildman–Crippen MR) is 154 cm³/mol. The van der Waals surface area contributed by atoms with Crippen molar-refractivity contribution in [3.05, 3.63) is 66.1 Å². The fourth-order valence-corrected chi connectivity index (χ4v) is 4.04. The van der Waals surface area contributed by atoms with E-state index in [1.165, 1.54) is 20.8 Å². The van der Waals surface area contributed by atoms with E-state index in [9.17, 15) is 13.2 Å². The van der Waals surface area contributed by atoms with Gasteiger partial charge in [0, 0.05) is 36.8 Å². The lowest BCUT2D eigenvalue weighted by Crippen LogP contribution is -2.38. The Kier molecular flexibility index (Phi) is 9.01. The number of anilines is 3. The van der Waals surface area contributed by atoms with E-state index in [1.807, 2.05) is 55.7 Å². The normalized spacial score (nSPS) is 11.4. The largest absolute Gasteiger partial charge is 0.455 e. The van der Waals surface area contributed by atoms with Crippen molar-refractivity contribution in [1.82, 2.24) is 14.5 Å². The maximum Gasteiger partial charge on any atom is 0.159 e. The van der Waals surface area contributed by atoms with E-state index in [0.717, 1.165) is 41.0 Å². The molecule has 0 bridgehead atoms. The van der Waals surface area contributed by atoms with Crippen molar-refractivity contribution >= 4 is 55.4 Å². The SMILES string of the molecule is CC(=O)C(C)(C)S(C)(=O)=O.CCn1ccc2ncnc(Nc3ccc(Oc4cccc(Cl)c4)c(NC)c3)c21. The Bertz CT molecular complexity index is 1550. The van der Waals surface area contributed by atoms with Crippen molar-refractivity contribution in [3.63, 3.8) is 0 Å². The summed E-state index contributed by atoms with van der Waals surface area (Å²) in [6.45, 7) is 7.04. The summed E-state index contributed by atoms with van der Waals surface area (Å²) in [5, 5.41) is 7.20. The molecule has 0 fully saturated rings. The number of ketones is 1. The Labute approximate surface area is 228 Å². The Morgan fingerprint density at radius 2 is 1.87 bits per heavy atom. The van der Waals surface area contributed by atoms with Gasteiger partial charge in [0.2, 0.25) is 0 Å². The maximum atomic E-state index is 10.9. The molecule has 2 aromatic carbocycles. The van der Waals surface area contributed by atoms with Gasteiger partial charge in [-0.2, -0.15) is 0 Å². The first-order valence-electron chi connectivity index (χ1n) is 11.9. The second kappa shape index (κ2) is 11.8. The third-order valence-electron chi connectivity index (χ3n) is 6.20. The average Bonchev–Trinajstić information content (AvgIpc) is 3.29. The lowest BCUT2D eigenvalue weighted by atomic mass is 10.1. The number of carbonyl (C=O) groups is 1. The van der Waals surface area contributed by atoms with E-state index in [1.54, 1.807) is 12.4 Å². The van der Waals surface area contributed by atoms with Crippen molar-refractivity contribution < 1.29 is 17.9 Å². The van der Waals surface area contributed by atoms with Gasteiger partial charge in [-0.1, -0.05) is 17.7 Å². The van der Waals surface area contributed by atoms with Gasteiger partial charge in [0.05, 0.1) is 11.2 Å². The second-order valence-electron chi connectivity index (χ2n) is 9.04. The van der Waals surface area contributed by atoms with Crippen LogP contribution < -0.4 is 15.4 Å². The third-order valence-corrected chi connectivity index (χ3v) is 8.58. The van der Waals surface area contributed by atoms with Crippen molar-refractivity contribution in [2.24, 2.45) is 0 Å². The predicted octanol–water partition coefficient (Wildman–Crippen LogP) is 6.08. The van der Waals surface area contributed by atoms with Crippen LogP contribution in [0.1, 0.15) is 27.7 Å². The van der Waals surface area contributed by atoms with Crippen LogP contribution in [0.2, 0.25) is 5.02 Å². The van der Waals surface area contributed by atoms with Gasteiger partial charge in [0.15, 0.2) is 21.4 Å². The van der Waals surface area contributed by atoms with Gasteiger partial charge in [0.25, 0.3) is 0 Å². The number of carbonyl (C=O) groups excluding carboxylic acids is 1. The summed E-state index contributed by atoms with van der Waals surface area (Å²) in [7, 11) is -1.39. The third kappa shape index (κ3) is 6.62. The molecule has 0 aliphatic heterocycles. The van der Waals surface area contributed by atoms with E-state index in [-0.39, 0.29) is 5.78 Å². The Morgan fingerprint density at radius 3 is 2.45 bits per heavy atom. The minimum atomic E-state index is -3.25. The number of fused-ring (bicyclic) bond motifs is 1. The molecular formula is C27H32ClN5O4S. The van der Waals surface area contributed by atoms with Gasteiger partial charge >= 0.3 is 0 Å². The van der Waals surface area contributed by atoms with E-state index in [2.05, 4.69) is 32.1 Å². The first-order chi connectivity index (χ1) is 17.9. The summed E-state index contributed by atoms with van der Waals surface area (Å²) in [6, 6.07) is 15.2. The topological polar surface area (TPSA) is 115 Å². The molecule has 0 spiro atoms. The smallest absolute Gasteiger partial charge is 0.159 e. The number of Topliss-reactive ketones (excluding diaryl/α,β-unsaturated/α-hetero) is 1. The lowest BCUT2D eigenvalue weighted by molar-refractivity contribution is -0.118. The second-order valence-corrected chi connectivity index (χ2v) is 12.0. The van der Waals surface area contributed by atoms with Crippen LogP contribution in [-0.2, 0) is 21.2 Å². The van der Waals surface area contributed by atoms with Crippen molar-refractivity contribution in [1.29, 1.82) is 0 Å². The molecule has 0 unspecified atom stereocenters. The van der Waals surface area contributed by atoms with Gasteiger partial charge in [-0.25, -0.2) is 18.4 Å². The minimum Gasteiger partial charge on any atom is -0.455 e. The Balaban J connectivity index is 0.000000342. The molecule has 38 heavy (non-hydrogen) atoms. The van der Waals surface area contributed by atoms with Gasteiger partial charge in [-0.3, -0.25) is 4.79 Å². The molecule has 0 aliphatic carbocycles. The zero-order chi connectivity index (χ0) is 28.1. The van der Waals surface area contributed by atoms with Crippen molar-refractivity contribution in [3.8, 4) is 11.5 Å². The first-order valence-corrected chi connectivity index (χ1v) is 14.2. The Morgan fingerprint density at radius 1 is 1.13 bits per heavy atom. The fraction of sp³-hybridized carbons (Fsp3) is 0.296. The van der Waals surface area contributed by atoms with E-state index < -0.39 is 14.6 Å². The monoisotopic (exact) mass is 557 g/mol.